The molecule has 1 fully saturated rings. The van der Waals surface area contributed by atoms with E-state index in [1.54, 1.807) is 0 Å². The fraction of sp³-hybridized carbons (Fsp3) is 0.684. The number of nitroso groups, excluding NO2 is 1. The molecule has 25 heavy (non-hydrogen) atoms. The Morgan fingerprint density at radius 1 is 1.08 bits per heavy atom. The van der Waals surface area contributed by atoms with Crippen LogP contribution < -0.4 is 0 Å². The van der Waals surface area contributed by atoms with E-state index in [1.165, 1.54) is 0 Å². The predicted molar refractivity (Wildman–Crippen MR) is 94.9 cm³/mol. The van der Waals surface area contributed by atoms with Crippen molar-refractivity contribution in [3.05, 3.63) is 40.8 Å². The zero-order valence-electron chi connectivity index (χ0n) is 14.4. The van der Waals surface area contributed by atoms with Crippen molar-refractivity contribution in [3.8, 4) is 0 Å². The fourth-order valence-electron chi connectivity index (χ4n) is 3.91. The summed E-state index contributed by atoms with van der Waals surface area (Å²) >= 11 is 0. The van der Waals surface area contributed by atoms with E-state index >= 15 is 0 Å². The third-order valence-electron chi connectivity index (χ3n) is 5.37. The van der Waals surface area contributed by atoms with Gasteiger partial charge in [0.05, 0.1) is 31.0 Å². The highest BCUT2D eigenvalue weighted by molar-refractivity contribution is 5.14. The summed E-state index contributed by atoms with van der Waals surface area (Å²) in [6.07, 6.45) is 0.857. The highest BCUT2D eigenvalue weighted by Crippen LogP contribution is 2.39. The molecule has 6 atom stereocenters. The van der Waals surface area contributed by atoms with Gasteiger partial charge in [-0.25, -0.2) is 0 Å². The van der Waals surface area contributed by atoms with Crippen LogP contribution in [-0.2, 0) is 6.42 Å². The summed E-state index contributed by atoms with van der Waals surface area (Å²) in [5, 5.41) is 42.2. The van der Waals surface area contributed by atoms with Gasteiger partial charge in [0.15, 0.2) is 0 Å². The van der Waals surface area contributed by atoms with Gasteiger partial charge in [-0.15, -0.1) is 0 Å². The van der Waals surface area contributed by atoms with Gasteiger partial charge >= 0.3 is 0 Å². The van der Waals surface area contributed by atoms with Crippen LogP contribution in [0.3, 0.4) is 0 Å². The van der Waals surface area contributed by atoms with Crippen LogP contribution in [0.25, 0.3) is 0 Å². The molecule has 0 amide bonds. The summed E-state index contributed by atoms with van der Waals surface area (Å²) in [4.78, 5) is 11.1. The number of hydrogen-bond donors (Lipinski definition) is 4. The lowest BCUT2D eigenvalue weighted by Gasteiger charge is -2.25. The SMILES string of the molecule is O=N[C@@H](CCc1ccccc1)CC[C@@H]1[C@@H](CC(O)CO)[C@@H](O)C[C@H]1O. The second-order valence-electron chi connectivity index (χ2n) is 7.13. The zero-order chi connectivity index (χ0) is 18.2. The van der Waals surface area contributed by atoms with Gasteiger partial charge in [-0.05, 0) is 55.9 Å². The van der Waals surface area contributed by atoms with Gasteiger partial charge in [0.25, 0.3) is 0 Å². The molecule has 6 heteroatoms. The van der Waals surface area contributed by atoms with Crippen LogP contribution in [-0.4, -0.2) is 51.4 Å². The van der Waals surface area contributed by atoms with Gasteiger partial charge in [0.2, 0.25) is 0 Å². The van der Waals surface area contributed by atoms with Gasteiger partial charge in [0.1, 0.15) is 0 Å². The van der Waals surface area contributed by atoms with Crippen LogP contribution in [0.5, 0.6) is 0 Å². The molecule has 0 aromatic heterocycles. The number of nitrogens with zero attached hydrogens (tertiary/aromatic N) is 1. The lowest BCUT2D eigenvalue weighted by atomic mass is 9.84. The van der Waals surface area contributed by atoms with Gasteiger partial charge in [-0.3, -0.25) is 0 Å². The molecule has 1 aliphatic rings. The van der Waals surface area contributed by atoms with Crippen molar-refractivity contribution in [2.75, 3.05) is 6.61 Å². The predicted octanol–water partition coefficient (Wildman–Crippen LogP) is 1.64. The molecule has 0 spiro atoms. The summed E-state index contributed by atoms with van der Waals surface area (Å²) in [5.41, 5.74) is 1.16. The van der Waals surface area contributed by atoms with Crippen molar-refractivity contribution in [2.24, 2.45) is 17.0 Å². The summed E-state index contributed by atoms with van der Waals surface area (Å²) < 4.78 is 0. The van der Waals surface area contributed by atoms with Crippen molar-refractivity contribution in [1.29, 1.82) is 0 Å². The molecule has 1 aromatic rings. The molecular weight excluding hydrogens is 322 g/mol. The van der Waals surface area contributed by atoms with E-state index in [-0.39, 0.29) is 37.3 Å². The van der Waals surface area contributed by atoms with Crippen molar-refractivity contribution >= 4 is 0 Å². The number of hydrogen-bond acceptors (Lipinski definition) is 6. The van der Waals surface area contributed by atoms with Crippen molar-refractivity contribution in [3.63, 3.8) is 0 Å². The lowest BCUT2D eigenvalue weighted by Crippen LogP contribution is -2.28. The maximum absolute atomic E-state index is 11.1. The first-order valence-corrected chi connectivity index (χ1v) is 9.06. The molecule has 0 saturated heterocycles. The summed E-state index contributed by atoms with van der Waals surface area (Å²) in [6, 6.07) is 9.59. The third kappa shape index (κ3) is 5.85. The molecule has 0 bridgehead atoms. The highest BCUT2D eigenvalue weighted by atomic mass is 16.3. The Morgan fingerprint density at radius 2 is 1.76 bits per heavy atom. The molecule has 6 nitrogen and oxygen atoms in total. The average molecular weight is 351 g/mol. The van der Waals surface area contributed by atoms with E-state index in [0.29, 0.717) is 19.3 Å². The standard InChI is InChI=1S/C19H29NO5/c21-12-15(22)10-17-16(18(23)11-19(17)24)9-8-14(20-25)7-6-13-4-2-1-3-5-13/h1-5,14-19,21-24H,6-12H2/t14-,15?,16+,17+,18+,19-/m0/s1. The monoisotopic (exact) mass is 351 g/mol. The van der Waals surface area contributed by atoms with E-state index < -0.39 is 18.3 Å². The van der Waals surface area contributed by atoms with Crippen molar-refractivity contribution < 1.29 is 20.4 Å². The Labute approximate surface area is 148 Å². The first-order valence-electron chi connectivity index (χ1n) is 9.06. The minimum absolute atomic E-state index is 0.183. The Kier molecular flexibility index (Phi) is 7.96. The molecule has 1 aliphatic carbocycles. The van der Waals surface area contributed by atoms with Crippen LogP contribution in [0.4, 0.5) is 0 Å². The maximum atomic E-state index is 11.1. The van der Waals surface area contributed by atoms with E-state index in [0.717, 1.165) is 12.0 Å². The largest absolute Gasteiger partial charge is 0.394 e. The first kappa shape index (κ1) is 20.0. The van der Waals surface area contributed by atoms with E-state index in [1.807, 2.05) is 30.3 Å². The normalized spacial score (nSPS) is 28.6. The smallest absolute Gasteiger partial charge is 0.0923 e. The van der Waals surface area contributed by atoms with Crippen molar-refractivity contribution in [1.82, 2.24) is 0 Å². The number of rotatable bonds is 10. The molecule has 1 unspecified atom stereocenters. The summed E-state index contributed by atoms with van der Waals surface area (Å²) in [5.74, 6) is -0.448. The molecule has 140 valence electrons. The van der Waals surface area contributed by atoms with Gasteiger partial charge in [-0.2, -0.15) is 4.91 Å². The molecule has 1 aromatic carbocycles. The van der Waals surface area contributed by atoms with Crippen LogP contribution in [0, 0.1) is 16.7 Å². The Hall–Kier alpha value is -1.34. The molecule has 4 N–H and O–H groups in total. The Morgan fingerprint density at radius 3 is 2.40 bits per heavy atom. The third-order valence-corrected chi connectivity index (χ3v) is 5.37. The van der Waals surface area contributed by atoms with Crippen LogP contribution in [0.15, 0.2) is 35.5 Å². The Balaban J connectivity index is 1.86. The molecule has 2 rings (SSSR count). The zero-order valence-corrected chi connectivity index (χ0v) is 14.4. The lowest BCUT2D eigenvalue weighted by molar-refractivity contribution is 0.0294. The molecular formula is C19H29NO5. The highest BCUT2D eigenvalue weighted by Gasteiger charge is 2.42. The molecule has 0 aliphatic heterocycles. The Bertz CT molecular complexity index is 512. The van der Waals surface area contributed by atoms with Crippen molar-refractivity contribution in [2.45, 2.75) is 62.9 Å². The number of benzene rings is 1. The van der Waals surface area contributed by atoms with Gasteiger partial charge < -0.3 is 20.4 Å². The second kappa shape index (κ2) is 9.97. The van der Waals surface area contributed by atoms with E-state index in [2.05, 4.69) is 5.18 Å². The minimum Gasteiger partial charge on any atom is -0.394 e. The quantitative estimate of drug-likeness (QED) is 0.479. The fourth-order valence-corrected chi connectivity index (χ4v) is 3.91. The first-order chi connectivity index (χ1) is 12.0. The van der Waals surface area contributed by atoms with Crippen LogP contribution >= 0.6 is 0 Å². The van der Waals surface area contributed by atoms with Gasteiger partial charge in [0, 0.05) is 0 Å². The molecule has 0 radical (unpaired) electrons. The number of aryl methyl sites for hydroxylation is 1. The topological polar surface area (TPSA) is 110 Å². The minimum atomic E-state index is -0.898. The summed E-state index contributed by atoms with van der Waals surface area (Å²) in [7, 11) is 0. The molecule has 1 saturated carbocycles. The van der Waals surface area contributed by atoms with Crippen LogP contribution in [0.2, 0.25) is 0 Å². The number of aliphatic hydroxyl groups is 4. The molecule has 0 heterocycles. The summed E-state index contributed by atoms with van der Waals surface area (Å²) in [6.45, 7) is -0.359. The maximum Gasteiger partial charge on any atom is 0.0923 e. The van der Waals surface area contributed by atoms with Crippen LogP contribution in [0.1, 0.15) is 37.7 Å². The average Bonchev–Trinajstić information content (AvgIpc) is 2.89. The van der Waals surface area contributed by atoms with E-state index in [4.69, 9.17) is 5.11 Å². The van der Waals surface area contributed by atoms with E-state index in [9.17, 15) is 20.2 Å². The number of aliphatic hydroxyl groups excluding tert-OH is 4. The van der Waals surface area contributed by atoms with Gasteiger partial charge in [-0.1, -0.05) is 35.5 Å². The second-order valence-corrected chi connectivity index (χ2v) is 7.13.